The van der Waals surface area contributed by atoms with E-state index in [1.165, 1.54) is 11.3 Å². The number of aromatic amines is 1. The van der Waals surface area contributed by atoms with Gasteiger partial charge >= 0.3 is 6.03 Å². The summed E-state index contributed by atoms with van der Waals surface area (Å²) < 4.78 is 0. The first-order valence-electron chi connectivity index (χ1n) is 9.84. The number of nitrogens with zero attached hydrogens (tertiary/aromatic N) is 4. The number of hydrogen-bond donors (Lipinski definition) is 3. The number of hydrogen-bond acceptors (Lipinski definition) is 6. The van der Waals surface area contributed by atoms with Crippen LogP contribution in [-0.2, 0) is 0 Å². The van der Waals surface area contributed by atoms with Crippen LogP contribution in [0.1, 0.15) is 13.3 Å². The summed E-state index contributed by atoms with van der Waals surface area (Å²) in [6, 6.07) is 13.6. The molecule has 30 heavy (non-hydrogen) atoms. The van der Waals surface area contributed by atoms with Gasteiger partial charge in [0.25, 0.3) is 0 Å². The van der Waals surface area contributed by atoms with Crippen LogP contribution in [0.15, 0.2) is 48.7 Å². The van der Waals surface area contributed by atoms with Crippen LogP contribution in [0.2, 0.25) is 0 Å². The van der Waals surface area contributed by atoms with Crippen molar-refractivity contribution in [2.75, 3.05) is 23.7 Å². The van der Waals surface area contributed by atoms with E-state index in [9.17, 15) is 4.79 Å². The molecule has 1 aliphatic rings. The number of fused-ring (bicyclic) bond motifs is 1. The van der Waals surface area contributed by atoms with Gasteiger partial charge in [-0.25, -0.2) is 4.79 Å². The molecule has 0 bridgehead atoms. The molecule has 4 aromatic rings. The second kappa shape index (κ2) is 7.75. The van der Waals surface area contributed by atoms with Gasteiger partial charge in [-0.1, -0.05) is 18.3 Å². The van der Waals surface area contributed by atoms with Crippen LogP contribution < -0.4 is 10.6 Å². The predicted molar refractivity (Wildman–Crippen MR) is 119 cm³/mol. The lowest BCUT2D eigenvalue weighted by Gasteiger charge is -2.16. The van der Waals surface area contributed by atoms with Crippen molar-refractivity contribution in [2.45, 2.75) is 13.3 Å². The third-order valence-electron chi connectivity index (χ3n) is 5.21. The van der Waals surface area contributed by atoms with Crippen molar-refractivity contribution in [1.82, 2.24) is 25.3 Å². The largest absolute Gasteiger partial charge is 0.330 e. The minimum Gasteiger partial charge on any atom is -0.330 e. The number of aromatic nitrogens is 4. The molecule has 0 spiro atoms. The average Bonchev–Trinajstić information content (AvgIpc) is 3.49. The highest BCUT2D eigenvalue weighted by molar-refractivity contribution is 7.18. The first-order chi connectivity index (χ1) is 14.6. The van der Waals surface area contributed by atoms with Gasteiger partial charge in [-0.15, -0.1) is 10.2 Å². The number of rotatable bonds is 4. The summed E-state index contributed by atoms with van der Waals surface area (Å²) in [6.45, 7) is 3.81. The van der Waals surface area contributed by atoms with Crippen LogP contribution in [-0.4, -0.2) is 44.4 Å². The van der Waals surface area contributed by atoms with Crippen molar-refractivity contribution in [1.29, 1.82) is 0 Å². The van der Waals surface area contributed by atoms with Gasteiger partial charge in [0.15, 0.2) is 0 Å². The number of amides is 2. The summed E-state index contributed by atoms with van der Waals surface area (Å²) in [7, 11) is 0. The van der Waals surface area contributed by atoms with E-state index in [2.05, 4.69) is 38.0 Å². The molecule has 3 N–H and O–H groups in total. The SMILES string of the molecule is CC1CCN(C(=O)Nc2ccc(-c3nnc(Nc4ccc5[nH]ncc5c4)s3)cc2)C1. The number of carbonyl (C=O) groups excluding carboxylic acids is 1. The third kappa shape index (κ3) is 3.84. The highest BCUT2D eigenvalue weighted by atomic mass is 32.1. The molecule has 152 valence electrons. The van der Waals surface area contributed by atoms with Crippen LogP contribution in [0.25, 0.3) is 21.5 Å². The molecule has 3 heterocycles. The fourth-order valence-corrected chi connectivity index (χ4v) is 4.32. The summed E-state index contributed by atoms with van der Waals surface area (Å²) in [5.74, 6) is 0.569. The Labute approximate surface area is 177 Å². The van der Waals surface area contributed by atoms with Gasteiger partial charge < -0.3 is 15.5 Å². The molecule has 8 nitrogen and oxygen atoms in total. The quantitative estimate of drug-likeness (QED) is 0.445. The summed E-state index contributed by atoms with van der Waals surface area (Å²) in [5, 5.41) is 24.3. The van der Waals surface area contributed by atoms with Crippen LogP contribution in [0.3, 0.4) is 0 Å². The van der Waals surface area contributed by atoms with Gasteiger partial charge in [0, 0.05) is 35.4 Å². The maximum Gasteiger partial charge on any atom is 0.321 e. The second-order valence-electron chi connectivity index (χ2n) is 7.56. The molecule has 0 saturated carbocycles. The summed E-state index contributed by atoms with van der Waals surface area (Å²) >= 11 is 1.48. The fraction of sp³-hybridized carbons (Fsp3) is 0.238. The third-order valence-corrected chi connectivity index (χ3v) is 6.10. The molecule has 1 atom stereocenters. The van der Waals surface area contributed by atoms with E-state index in [0.717, 1.165) is 52.4 Å². The fourth-order valence-electron chi connectivity index (χ4n) is 3.55. The van der Waals surface area contributed by atoms with E-state index in [0.29, 0.717) is 11.0 Å². The van der Waals surface area contributed by atoms with E-state index in [-0.39, 0.29) is 6.03 Å². The van der Waals surface area contributed by atoms with Gasteiger partial charge in [-0.05, 0) is 54.8 Å². The monoisotopic (exact) mass is 419 g/mol. The molecule has 2 aromatic heterocycles. The molecule has 1 saturated heterocycles. The normalized spacial score (nSPS) is 16.2. The van der Waals surface area contributed by atoms with Gasteiger partial charge in [-0.2, -0.15) is 5.10 Å². The molecule has 5 rings (SSSR count). The Balaban J connectivity index is 1.25. The zero-order chi connectivity index (χ0) is 20.5. The van der Waals surface area contributed by atoms with Crippen molar-refractivity contribution < 1.29 is 4.79 Å². The molecule has 1 unspecified atom stereocenters. The summed E-state index contributed by atoms with van der Waals surface area (Å²) in [5.41, 5.74) is 3.66. The second-order valence-corrected chi connectivity index (χ2v) is 8.53. The molecule has 0 radical (unpaired) electrons. The standard InChI is InChI=1S/C21H21N7OS/c1-13-8-9-28(12-13)21(29)24-16-4-2-14(3-5-16)19-26-27-20(30-19)23-17-6-7-18-15(10-17)11-22-25-18/h2-7,10-11,13H,8-9,12H2,1H3,(H,22,25)(H,23,27)(H,24,29). The minimum absolute atomic E-state index is 0.0379. The highest BCUT2D eigenvalue weighted by Gasteiger charge is 2.23. The van der Waals surface area contributed by atoms with E-state index in [1.807, 2.05) is 47.4 Å². The van der Waals surface area contributed by atoms with Crippen molar-refractivity contribution in [3.63, 3.8) is 0 Å². The molecule has 2 amide bonds. The number of urea groups is 1. The predicted octanol–water partition coefficient (Wildman–Crippen LogP) is 4.70. The van der Waals surface area contributed by atoms with Crippen LogP contribution in [0.4, 0.5) is 21.3 Å². The minimum atomic E-state index is -0.0379. The Kier molecular flexibility index (Phi) is 4.80. The van der Waals surface area contributed by atoms with E-state index in [1.54, 1.807) is 6.20 Å². The maximum atomic E-state index is 12.3. The number of benzene rings is 2. The Morgan fingerprint density at radius 3 is 2.80 bits per heavy atom. The molecule has 0 aliphatic carbocycles. The lowest BCUT2D eigenvalue weighted by atomic mass is 10.2. The Morgan fingerprint density at radius 1 is 1.17 bits per heavy atom. The molecular formula is C21H21N7OS. The van der Waals surface area contributed by atoms with E-state index in [4.69, 9.17) is 0 Å². The number of H-pyrrole nitrogens is 1. The van der Waals surface area contributed by atoms with Crippen LogP contribution in [0, 0.1) is 5.92 Å². The number of likely N-dealkylation sites (tertiary alicyclic amines) is 1. The lowest BCUT2D eigenvalue weighted by Crippen LogP contribution is -2.32. The van der Waals surface area contributed by atoms with Gasteiger partial charge in [0.2, 0.25) is 5.13 Å². The van der Waals surface area contributed by atoms with Gasteiger partial charge in [-0.3, -0.25) is 5.10 Å². The zero-order valence-corrected chi connectivity index (χ0v) is 17.2. The highest BCUT2D eigenvalue weighted by Crippen LogP contribution is 2.30. The van der Waals surface area contributed by atoms with Crippen molar-refractivity contribution in [3.05, 3.63) is 48.7 Å². The first kappa shape index (κ1) is 18.6. The lowest BCUT2D eigenvalue weighted by molar-refractivity contribution is 0.221. The molecule has 1 aliphatic heterocycles. The van der Waals surface area contributed by atoms with Crippen LogP contribution >= 0.6 is 11.3 Å². The van der Waals surface area contributed by atoms with Crippen LogP contribution in [0.5, 0.6) is 0 Å². The molecule has 1 fully saturated rings. The topological polar surface area (TPSA) is 98.8 Å². The Hall–Kier alpha value is -3.46. The molecular weight excluding hydrogens is 398 g/mol. The van der Waals surface area contributed by atoms with Crippen molar-refractivity contribution in [3.8, 4) is 10.6 Å². The summed E-state index contributed by atoms with van der Waals surface area (Å²) in [6.07, 6.45) is 2.85. The maximum absolute atomic E-state index is 12.3. The van der Waals surface area contributed by atoms with Gasteiger partial charge in [0.05, 0.1) is 11.7 Å². The first-order valence-corrected chi connectivity index (χ1v) is 10.7. The van der Waals surface area contributed by atoms with E-state index < -0.39 is 0 Å². The number of carbonyl (C=O) groups is 1. The number of anilines is 3. The smallest absolute Gasteiger partial charge is 0.321 e. The van der Waals surface area contributed by atoms with E-state index >= 15 is 0 Å². The van der Waals surface area contributed by atoms with Crippen molar-refractivity contribution in [2.24, 2.45) is 5.92 Å². The van der Waals surface area contributed by atoms with Gasteiger partial charge in [0.1, 0.15) is 5.01 Å². The van der Waals surface area contributed by atoms with Crippen molar-refractivity contribution >= 4 is 44.8 Å². The molecule has 9 heteroatoms. The average molecular weight is 420 g/mol. The zero-order valence-electron chi connectivity index (χ0n) is 16.4. The number of nitrogens with one attached hydrogen (secondary N) is 3. The summed E-state index contributed by atoms with van der Waals surface area (Å²) in [4.78, 5) is 14.2. The Bertz CT molecular complexity index is 1180. The Morgan fingerprint density at radius 2 is 2.00 bits per heavy atom. The molecule has 2 aromatic carbocycles.